The molecule has 4 rings (SSSR count). The lowest BCUT2D eigenvalue weighted by molar-refractivity contribution is 0.0724. The molecule has 0 bridgehead atoms. The minimum atomic E-state index is -0.297. The van der Waals surface area contributed by atoms with Gasteiger partial charge in [0.25, 0.3) is 5.91 Å². The van der Waals surface area contributed by atoms with Crippen LogP contribution in [0.2, 0.25) is 0 Å². The maximum absolute atomic E-state index is 13.5. The van der Waals surface area contributed by atoms with Gasteiger partial charge in [-0.2, -0.15) is 0 Å². The van der Waals surface area contributed by atoms with Crippen LogP contribution in [-0.2, 0) is 0 Å². The van der Waals surface area contributed by atoms with E-state index in [0.29, 0.717) is 12.2 Å². The zero-order valence-electron chi connectivity index (χ0n) is 13.7. The van der Waals surface area contributed by atoms with Gasteiger partial charge in [0.05, 0.1) is 6.04 Å². The zero-order valence-corrected chi connectivity index (χ0v) is 13.7. The second-order valence-corrected chi connectivity index (χ2v) is 6.42. The van der Waals surface area contributed by atoms with E-state index in [2.05, 4.69) is 15.0 Å². The molecule has 1 saturated heterocycles. The average Bonchev–Trinajstić information content (AvgIpc) is 3.26. The molecule has 0 radical (unpaired) electrons. The summed E-state index contributed by atoms with van der Waals surface area (Å²) in [5.74, 6) is 0.479. The summed E-state index contributed by atoms with van der Waals surface area (Å²) in [6.45, 7) is 4.51. The van der Waals surface area contributed by atoms with Crippen molar-refractivity contribution in [3.05, 3.63) is 53.0 Å². The lowest BCUT2D eigenvalue weighted by Gasteiger charge is -2.23. The largest absolute Gasteiger partial charge is 0.350 e. The standard InChI is InChI=1S/C18H19FN4O/c1-10-9-20-17(21-10)15-4-3-7-23(15)18(24)16-11(2)13-8-12(19)5-6-14(13)22-16/h5-6,8-9,15,22H,3-4,7H2,1-2H3,(H,20,21)/t15-/m0/s1. The molecule has 5 nitrogen and oxygen atoms in total. The van der Waals surface area contributed by atoms with E-state index in [1.165, 1.54) is 12.1 Å². The van der Waals surface area contributed by atoms with Gasteiger partial charge in [0.2, 0.25) is 0 Å². The number of aromatic nitrogens is 3. The van der Waals surface area contributed by atoms with Gasteiger partial charge >= 0.3 is 0 Å². The molecule has 2 N–H and O–H groups in total. The summed E-state index contributed by atoms with van der Waals surface area (Å²) >= 11 is 0. The summed E-state index contributed by atoms with van der Waals surface area (Å²) in [4.78, 5) is 25.7. The molecule has 0 aliphatic carbocycles. The van der Waals surface area contributed by atoms with Gasteiger partial charge in [-0.3, -0.25) is 4.79 Å². The van der Waals surface area contributed by atoms with E-state index < -0.39 is 0 Å². The molecule has 24 heavy (non-hydrogen) atoms. The second-order valence-electron chi connectivity index (χ2n) is 6.42. The Morgan fingerprint density at radius 1 is 1.33 bits per heavy atom. The number of imidazole rings is 1. The van der Waals surface area contributed by atoms with Crippen LogP contribution in [0.25, 0.3) is 10.9 Å². The van der Waals surface area contributed by atoms with Gasteiger partial charge < -0.3 is 14.9 Å². The number of nitrogens with one attached hydrogen (secondary N) is 2. The number of rotatable bonds is 2. The third-order valence-corrected chi connectivity index (χ3v) is 4.79. The number of amides is 1. The van der Waals surface area contributed by atoms with E-state index in [1.807, 2.05) is 18.7 Å². The SMILES string of the molecule is Cc1cnc([C@@H]2CCCN2C(=O)c2[nH]c3ccc(F)cc3c2C)[nH]1. The zero-order chi connectivity index (χ0) is 16.8. The highest BCUT2D eigenvalue weighted by Crippen LogP contribution is 2.33. The highest BCUT2D eigenvalue weighted by molar-refractivity contribution is 6.01. The van der Waals surface area contributed by atoms with Gasteiger partial charge in [0.1, 0.15) is 17.3 Å². The minimum absolute atomic E-state index is 0.0336. The van der Waals surface area contributed by atoms with Crippen molar-refractivity contribution >= 4 is 16.8 Å². The highest BCUT2D eigenvalue weighted by atomic mass is 19.1. The number of benzene rings is 1. The smallest absolute Gasteiger partial charge is 0.271 e. The fourth-order valence-corrected chi connectivity index (χ4v) is 3.55. The van der Waals surface area contributed by atoms with E-state index in [4.69, 9.17) is 0 Å². The Kier molecular flexibility index (Phi) is 3.40. The van der Waals surface area contributed by atoms with E-state index in [9.17, 15) is 9.18 Å². The molecule has 124 valence electrons. The summed E-state index contributed by atoms with van der Waals surface area (Å²) in [5.41, 5.74) is 3.09. The van der Waals surface area contributed by atoms with Crippen LogP contribution in [0.3, 0.4) is 0 Å². The Hall–Kier alpha value is -2.63. The number of carbonyl (C=O) groups excluding carboxylic acids is 1. The van der Waals surface area contributed by atoms with Crippen molar-refractivity contribution in [3.8, 4) is 0 Å². The van der Waals surface area contributed by atoms with Crippen molar-refractivity contribution in [1.29, 1.82) is 0 Å². The van der Waals surface area contributed by atoms with E-state index in [0.717, 1.165) is 40.8 Å². The third kappa shape index (κ3) is 2.29. The Morgan fingerprint density at radius 3 is 2.92 bits per heavy atom. The summed E-state index contributed by atoms with van der Waals surface area (Å²) in [5, 5.41) is 0.753. The van der Waals surface area contributed by atoms with Crippen molar-refractivity contribution in [2.24, 2.45) is 0 Å². The van der Waals surface area contributed by atoms with Crippen LogP contribution in [0, 0.1) is 19.7 Å². The highest BCUT2D eigenvalue weighted by Gasteiger charge is 2.33. The molecule has 2 aromatic heterocycles. The molecule has 1 aliphatic rings. The van der Waals surface area contributed by atoms with E-state index in [-0.39, 0.29) is 17.8 Å². The van der Waals surface area contributed by atoms with Gasteiger partial charge in [0, 0.05) is 29.3 Å². The number of aromatic amines is 2. The van der Waals surface area contributed by atoms with Crippen molar-refractivity contribution in [3.63, 3.8) is 0 Å². The normalized spacial score (nSPS) is 17.8. The maximum Gasteiger partial charge on any atom is 0.271 e. The van der Waals surface area contributed by atoms with Gasteiger partial charge in [0.15, 0.2) is 0 Å². The van der Waals surface area contributed by atoms with Crippen molar-refractivity contribution in [2.45, 2.75) is 32.7 Å². The fraction of sp³-hybridized carbons (Fsp3) is 0.333. The number of fused-ring (bicyclic) bond motifs is 1. The maximum atomic E-state index is 13.5. The van der Waals surface area contributed by atoms with E-state index >= 15 is 0 Å². The van der Waals surface area contributed by atoms with Crippen LogP contribution < -0.4 is 0 Å². The molecule has 1 amide bonds. The van der Waals surface area contributed by atoms with E-state index in [1.54, 1.807) is 12.3 Å². The molecule has 3 heterocycles. The second kappa shape index (κ2) is 5.47. The van der Waals surface area contributed by atoms with Crippen LogP contribution >= 0.6 is 0 Å². The molecule has 0 spiro atoms. The number of halogens is 1. The number of H-pyrrole nitrogens is 2. The fourth-order valence-electron chi connectivity index (χ4n) is 3.55. The molecular weight excluding hydrogens is 307 g/mol. The summed E-state index contributed by atoms with van der Waals surface area (Å²) in [6.07, 6.45) is 3.63. The lowest BCUT2D eigenvalue weighted by Crippen LogP contribution is -2.31. The number of carbonyl (C=O) groups is 1. The first-order chi connectivity index (χ1) is 11.5. The average molecular weight is 326 g/mol. The lowest BCUT2D eigenvalue weighted by atomic mass is 10.1. The predicted molar refractivity (Wildman–Crippen MR) is 89.3 cm³/mol. The Morgan fingerprint density at radius 2 is 2.17 bits per heavy atom. The first-order valence-electron chi connectivity index (χ1n) is 8.15. The number of hydrogen-bond acceptors (Lipinski definition) is 2. The molecular formula is C18H19FN4O. The van der Waals surface area contributed by atoms with Gasteiger partial charge in [-0.25, -0.2) is 9.37 Å². The Balaban J connectivity index is 1.71. The minimum Gasteiger partial charge on any atom is -0.350 e. The molecule has 0 saturated carbocycles. The number of hydrogen-bond donors (Lipinski definition) is 2. The molecule has 6 heteroatoms. The summed E-state index contributed by atoms with van der Waals surface area (Å²) < 4.78 is 13.5. The molecule has 1 fully saturated rings. The molecule has 1 atom stereocenters. The van der Waals surface area contributed by atoms with Crippen molar-refractivity contribution in [2.75, 3.05) is 6.54 Å². The van der Waals surface area contributed by atoms with Gasteiger partial charge in [-0.1, -0.05) is 0 Å². The molecule has 1 aliphatic heterocycles. The van der Waals surface area contributed by atoms with Crippen LogP contribution in [0.15, 0.2) is 24.4 Å². The van der Waals surface area contributed by atoms with Crippen LogP contribution in [0.5, 0.6) is 0 Å². The monoisotopic (exact) mass is 326 g/mol. The van der Waals surface area contributed by atoms with Gasteiger partial charge in [-0.05, 0) is 50.5 Å². The number of likely N-dealkylation sites (tertiary alicyclic amines) is 1. The number of aryl methyl sites for hydroxylation is 2. The summed E-state index contributed by atoms with van der Waals surface area (Å²) in [7, 11) is 0. The quantitative estimate of drug-likeness (QED) is 0.755. The first-order valence-corrected chi connectivity index (χ1v) is 8.15. The first kappa shape index (κ1) is 14.9. The van der Waals surface area contributed by atoms with Gasteiger partial charge in [-0.15, -0.1) is 0 Å². The van der Waals surface area contributed by atoms with Crippen LogP contribution in [0.4, 0.5) is 4.39 Å². The van der Waals surface area contributed by atoms with Crippen molar-refractivity contribution in [1.82, 2.24) is 19.9 Å². The topological polar surface area (TPSA) is 64.8 Å². The Bertz CT molecular complexity index is 926. The molecule has 1 aromatic carbocycles. The molecule has 0 unspecified atom stereocenters. The third-order valence-electron chi connectivity index (χ3n) is 4.79. The number of nitrogens with zero attached hydrogens (tertiary/aromatic N) is 2. The molecule has 3 aromatic rings. The summed E-state index contributed by atoms with van der Waals surface area (Å²) in [6, 6.07) is 4.51. The van der Waals surface area contributed by atoms with Crippen molar-refractivity contribution < 1.29 is 9.18 Å². The Labute approximate surface area is 138 Å². The van der Waals surface area contributed by atoms with Crippen LogP contribution in [-0.4, -0.2) is 32.3 Å². The van der Waals surface area contributed by atoms with Crippen LogP contribution in [0.1, 0.15) is 46.5 Å². The predicted octanol–water partition coefficient (Wildman–Crippen LogP) is 3.62.